The molecule has 0 aliphatic heterocycles. The zero-order valence-corrected chi connectivity index (χ0v) is 27.4. The molecule has 0 radical (unpaired) electrons. The van der Waals surface area contributed by atoms with Crippen LogP contribution in [-0.4, -0.2) is 10.4 Å². The lowest BCUT2D eigenvalue weighted by Gasteiger charge is -2.33. The number of rotatable bonds is 6. The molecule has 0 saturated heterocycles. The number of allylic oxidation sites excluding steroid dienone is 3. The highest BCUT2D eigenvalue weighted by molar-refractivity contribution is 7.99. The van der Waals surface area contributed by atoms with Gasteiger partial charge in [0.1, 0.15) is 5.75 Å². The summed E-state index contributed by atoms with van der Waals surface area (Å²) in [5.41, 5.74) is 8.43. The largest absolute Gasteiger partial charge is 0.505 e. The summed E-state index contributed by atoms with van der Waals surface area (Å²) in [6.07, 6.45) is 12.3. The Labute approximate surface area is 249 Å². The van der Waals surface area contributed by atoms with Crippen LogP contribution in [0.3, 0.4) is 0 Å². The molecule has 0 heterocycles. The minimum absolute atomic E-state index is 0.00757. The number of hydrogen-bond acceptors (Lipinski definition) is 3. The number of benzene rings is 2. The average Bonchev–Trinajstić information content (AvgIpc) is 2.88. The van der Waals surface area contributed by atoms with Crippen molar-refractivity contribution >= 4 is 23.0 Å². The summed E-state index contributed by atoms with van der Waals surface area (Å²) < 4.78 is 0. The molecule has 2 aromatic carbocycles. The number of phenols is 1. The molecular formula is C37H53NOS. The molecule has 1 saturated carbocycles. The maximum absolute atomic E-state index is 11.6. The van der Waals surface area contributed by atoms with E-state index in [9.17, 15) is 5.11 Å². The second-order valence-corrected chi connectivity index (χ2v) is 16.5. The van der Waals surface area contributed by atoms with Crippen LogP contribution < -0.4 is 5.32 Å². The number of phenolic OH excluding ortho intramolecular Hbond substituents is 1. The van der Waals surface area contributed by atoms with Crippen LogP contribution in [0.15, 0.2) is 54.2 Å². The predicted octanol–water partition coefficient (Wildman–Crippen LogP) is 11.0. The lowest BCUT2D eigenvalue weighted by atomic mass is 9.73. The second-order valence-electron chi connectivity index (χ2n) is 15.2. The second kappa shape index (κ2) is 12.0. The van der Waals surface area contributed by atoms with E-state index in [0.717, 1.165) is 29.1 Å². The van der Waals surface area contributed by atoms with Crippen molar-refractivity contribution in [3.8, 4) is 5.75 Å². The van der Waals surface area contributed by atoms with Crippen molar-refractivity contribution in [2.75, 3.05) is 5.32 Å². The Morgan fingerprint density at radius 1 is 0.850 bits per heavy atom. The van der Waals surface area contributed by atoms with Crippen molar-refractivity contribution in [1.29, 1.82) is 0 Å². The summed E-state index contributed by atoms with van der Waals surface area (Å²) in [6, 6.07) is 13.5. The third-order valence-corrected chi connectivity index (χ3v) is 10.2. The summed E-state index contributed by atoms with van der Waals surface area (Å²) >= 11 is 2.03. The van der Waals surface area contributed by atoms with Crippen LogP contribution in [0.2, 0.25) is 0 Å². The molecule has 2 nitrogen and oxygen atoms in total. The van der Waals surface area contributed by atoms with Gasteiger partial charge in [0.05, 0.1) is 5.69 Å². The van der Waals surface area contributed by atoms with Crippen molar-refractivity contribution in [2.45, 2.75) is 123 Å². The van der Waals surface area contributed by atoms with Crippen LogP contribution in [0, 0.1) is 11.3 Å². The third kappa shape index (κ3) is 7.58. The van der Waals surface area contributed by atoms with E-state index in [1.54, 1.807) is 0 Å². The van der Waals surface area contributed by atoms with Gasteiger partial charge in [0.25, 0.3) is 0 Å². The van der Waals surface area contributed by atoms with E-state index >= 15 is 0 Å². The van der Waals surface area contributed by atoms with E-state index < -0.39 is 0 Å². The SMILES string of the molecule is CC(C)(C)c1cccc(C2=C(Nc3cc(C(C)(C)C)cc(CSC4CCCCC4)c3O)C=CC(C(C)(C)C)C2)c1. The molecule has 2 aromatic rings. The van der Waals surface area contributed by atoms with E-state index in [1.165, 1.54) is 54.4 Å². The van der Waals surface area contributed by atoms with Gasteiger partial charge in [-0.1, -0.05) is 118 Å². The Hall–Kier alpha value is -2.13. The van der Waals surface area contributed by atoms with Crippen molar-refractivity contribution < 1.29 is 5.11 Å². The fraction of sp³-hybridized carbons (Fsp3) is 0.568. The zero-order valence-electron chi connectivity index (χ0n) is 26.6. The van der Waals surface area contributed by atoms with E-state index in [-0.39, 0.29) is 16.2 Å². The number of nitrogens with one attached hydrogen (secondary N) is 1. The molecule has 1 fully saturated rings. The Balaban J connectivity index is 1.75. The van der Waals surface area contributed by atoms with Gasteiger partial charge in [-0.05, 0) is 75.8 Å². The highest BCUT2D eigenvalue weighted by atomic mass is 32.2. The van der Waals surface area contributed by atoms with Gasteiger partial charge in [-0.3, -0.25) is 0 Å². The van der Waals surface area contributed by atoms with Crippen LogP contribution in [0.1, 0.15) is 123 Å². The molecule has 2 aliphatic carbocycles. The number of hydrogen-bond donors (Lipinski definition) is 2. The first-order valence-corrected chi connectivity index (χ1v) is 16.4. The number of anilines is 1. The van der Waals surface area contributed by atoms with Crippen LogP contribution in [0.4, 0.5) is 5.69 Å². The average molecular weight is 560 g/mol. The van der Waals surface area contributed by atoms with Crippen LogP contribution in [0.5, 0.6) is 5.75 Å². The van der Waals surface area contributed by atoms with E-state index in [2.05, 4.69) is 116 Å². The molecule has 1 unspecified atom stereocenters. The van der Waals surface area contributed by atoms with E-state index in [0.29, 0.717) is 16.9 Å². The topological polar surface area (TPSA) is 32.3 Å². The highest BCUT2D eigenvalue weighted by Gasteiger charge is 2.29. The molecule has 2 aliphatic rings. The van der Waals surface area contributed by atoms with Gasteiger partial charge in [-0.25, -0.2) is 0 Å². The summed E-state index contributed by atoms with van der Waals surface area (Å²) in [4.78, 5) is 0. The molecule has 1 atom stereocenters. The molecule has 4 rings (SSSR count). The van der Waals surface area contributed by atoms with Crippen molar-refractivity contribution in [2.24, 2.45) is 11.3 Å². The normalized spacial score (nSPS) is 19.3. The molecule has 40 heavy (non-hydrogen) atoms. The zero-order chi connectivity index (χ0) is 29.3. The number of thioether (sulfide) groups is 1. The smallest absolute Gasteiger partial charge is 0.143 e. The van der Waals surface area contributed by atoms with E-state index in [4.69, 9.17) is 0 Å². The van der Waals surface area contributed by atoms with Crippen LogP contribution in [-0.2, 0) is 16.6 Å². The Bertz CT molecular complexity index is 1240. The van der Waals surface area contributed by atoms with Crippen molar-refractivity contribution in [3.05, 3.63) is 76.5 Å². The molecule has 0 spiro atoms. The van der Waals surface area contributed by atoms with Gasteiger partial charge in [0, 0.05) is 22.3 Å². The maximum Gasteiger partial charge on any atom is 0.143 e. The van der Waals surface area contributed by atoms with Gasteiger partial charge in [0.2, 0.25) is 0 Å². The highest BCUT2D eigenvalue weighted by Crippen LogP contribution is 2.43. The first-order chi connectivity index (χ1) is 18.6. The molecule has 3 heteroatoms. The lowest BCUT2D eigenvalue weighted by molar-refractivity contribution is 0.296. The fourth-order valence-electron chi connectivity index (χ4n) is 5.79. The van der Waals surface area contributed by atoms with Gasteiger partial charge in [-0.2, -0.15) is 11.8 Å². The standard InChI is InChI=1S/C37H53NOS/c1-35(2,3)27-15-13-14-25(20-27)31-22-28(36(4,5)6)18-19-32(31)38-33-23-29(37(7,8)9)21-26(34(33)39)24-40-30-16-11-10-12-17-30/h13-15,18-21,23,28,30,38-39H,10-12,16-17,22,24H2,1-9H3. The predicted molar refractivity (Wildman–Crippen MR) is 177 cm³/mol. The Morgan fingerprint density at radius 2 is 1.52 bits per heavy atom. The van der Waals surface area contributed by atoms with Gasteiger partial charge >= 0.3 is 0 Å². The Morgan fingerprint density at radius 3 is 2.15 bits per heavy atom. The van der Waals surface area contributed by atoms with Crippen molar-refractivity contribution in [3.63, 3.8) is 0 Å². The quantitative estimate of drug-likeness (QED) is 0.345. The number of aromatic hydroxyl groups is 1. The summed E-state index contributed by atoms with van der Waals surface area (Å²) in [5, 5.41) is 16.1. The minimum Gasteiger partial charge on any atom is -0.505 e. The van der Waals surface area contributed by atoms with Crippen LogP contribution in [0.25, 0.3) is 5.57 Å². The van der Waals surface area contributed by atoms with Gasteiger partial charge < -0.3 is 10.4 Å². The summed E-state index contributed by atoms with van der Waals surface area (Å²) in [6.45, 7) is 20.6. The summed E-state index contributed by atoms with van der Waals surface area (Å²) in [7, 11) is 0. The molecular weight excluding hydrogens is 506 g/mol. The van der Waals surface area contributed by atoms with Crippen molar-refractivity contribution in [1.82, 2.24) is 0 Å². The Kier molecular flexibility index (Phi) is 9.25. The molecule has 0 amide bonds. The van der Waals surface area contributed by atoms with Crippen LogP contribution >= 0.6 is 11.8 Å². The minimum atomic E-state index is -0.00757. The maximum atomic E-state index is 11.6. The fourth-order valence-corrected chi connectivity index (χ4v) is 7.09. The molecule has 0 bridgehead atoms. The summed E-state index contributed by atoms with van der Waals surface area (Å²) in [5.74, 6) is 1.71. The monoisotopic (exact) mass is 559 g/mol. The third-order valence-electron chi connectivity index (χ3n) is 8.78. The lowest BCUT2D eigenvalue weighted by Crippen LogP contribution is -2.22. The molecule has 218 valence electrons. The van der Waals surface area contributed by atoms with Gasteiger partial charge in [0.15, 0.2) is 0 Å². The van der Waals surface area contributed by atoms with Gasteiger partial charge in [-0.15, -0.1) is 0 Å². The first kappa shape index (κ1) is 30.8. The molecule has 2 N–H and O–H groups in total. The molecule has 0 aromatic heterocycles. The van der Waals surface area contributed by atoms with E-state index in [1.807, 2.05) is 11.8 Å². The first-order valence-electron chi connectivity index (χ1n) is 15.4.